The van der Waals surface area contributed by atoms with Crippen LogP contribution >= 0.6 is 0 Å². The molecule has 110 valence electrons. The largest absolute Gasteiger partial charge is 0.480 e. The molecule has 1 rings (SSSR count). The fourth-order valence-corrected chi connectivity index (χ4v) is 1.38. The summed E-state index contributed by atoms with van der Waals surface area (Å²) in [5.41, 5.74) is -1.12. The standard InChI is InChI=1S/C11H12F3N3O3/c1-2-3-7(10(19)20)15-9(18)6-17-5-4-8(16-17)11(12,13)14/h2,4-5,7H,1,3,6H2,(H,15,18)(H,19,20). The van der Waals surface area contributed by atoms with Crippen molar-refractivity contribution in [2.75, 3.05) is 0 Å². The Morgan fingerprint density at radius 3 is 2.65 bits per heavy atom. The van der Waals surface area contributed by atoms with E-state index in [1.807, 2.05) is 0 Å². The fraction of sp³-hybridized carbons (Fsp3) is 0.364. The Labute approximate surface area is 111 Å². The molecule has 0 aromatic carbocycles. The molecule has 2 N–H and O–H groups in total. The van der Waals surface area contributed by atoms with E-state index in [9.17, 15) is 22.8 Å². The van der Waals surface area contributed by atoms with Gasteiger partial charge in [0.15, 0.2) is 5.69 Å². The van der Waals surface area contributed by atoms with Crippen molar-refractivity contribution in [3.8, 4) is 0 Å². The van der Waals surface area contributed by atoms with Gasteiger partial charge in [0.1, 0.15) is 12.6 Å². The quantitative estimate of drug-likeness (QED) is 0.767. The van der Waals surface area contributed by atoms with Crippen LogP contribution in [0.15, 0.2) is 24.9 Å². The van der Waals surface area contributed by atoms with Gasteiger partial charge in [-0.25, -0.2) is 4.79 Å². The first-order valence-electron chi connectivity index (χ1n) is 5.47. The third-order valence-electron chi connectivity index (χ3n) is 2.27. The zero-order valence-corrected chi connectivity index (χ0v) is 10.2. The molecule has 0 radical (unpaired) electrons. The average molecular weight is 291 g/mol. The van der Waals surface area contributed by atoms with Crippen LogP contribution in [0.2, 0.25) is 0 Å². The van der Waals surface area contributed by atoms with E-state index in [1.165, 1.54) is 6.08 Å². The van der Waals surface area contributed by atoms with E-state index >= 15 is 0 Å². The molecule has 1 aromatic rings. The van der Waals surface area contributed by atoms with Crippen LogP contribution in [0.1, 0.15) is 12.1 Å². The van der Waals surface area contributed by atoms with E-state index in [1.54, 1.807) is 0 Å². The fourth-order valence-electron chi connectivity index (χ4n) is 1.38. The Balaban J connectivity index is 2.64. The molecule has 1 amide bonds. The number of carboxylic acid groups (broad SMARTS) is 1. The highest BCUT2D eigenvalue weighted by Gasteiger charge is 2.33. The summed E-state index contributed by atoms with van der Waals surface area (Å²) < 4.78 is 37.7. The number of carbonyl (C=O) groups is 2. The number of hydrogen-bond donors (Lipinski definition) is 2. The van der Waals surface area contributed by atoms with E-state index in [0.29, 0.717) is 0 Å². The monoisotopic (exact) mass is 291 g/mol. The Morgan fingerprint density at radius 1 is 1.55 bits per heavy atom. The Kier molecular flexibility index (Phi) is 4.89. The first kappa shape index (κ1) is 15.7. The molecule has 0 spiro atoms. The number of nitrogens with one attached hydrogen (secondary N) is 1. The van der Waals surface area contributed by atoms with Crippen LogP contribution in [0.3, 0.4) is 0 Å². The predicted molar refractivity (Wildman–Crippen MR) is 61.6 cm³/mol. The molecule has 0 fully saturated rings. The molecule has 0 aliphatic heterocycles. The average Bonchev–Trinajstić information content (AvgIpc) is 2.76. The van der Waals surface area contributed by atoms with Crippen molar-refractivity contribution in [2.24, 2.45) is 0 Å². The van der Waals surface area contributed by atoms with Gasteiger partial charge in [-0.05, 0) is 12.5 Å². The number of aliphatic carboxylic acids is 1. The highest BCUT2D eigenvalue weighted by atomic mass is 19.4. The summed E-state index contributed by atoms with van der Waals surface area (Å²) in [7, 11) is 0. The Morgan fingerprint density at radius 2 is 2.20 bits per heavy atom. The van der Waals surface area contributed by atoms with Crippen LogP contribution < -0.4 is 5.32 Å². The van der Waals surface area contributed by atoms with Crippen LogP contribution in [0, 0.1) is 0 Å². The number of halogens is 3. The third-order valence-corrected chi connectivity index (χ3v) is 2.27. The van der Waals surface area contributed by atoms with E-state index in [4.69, 9.17) is 5.11 Å². The Hall–Kier alpha value is -2.32. The minimum Gasteiger partial charge on any atom is -0.480 e. The number of carbonyl (C=O) groups excluding carboxylic acids is 1. The van der Waals surface area contributed by atoms with Gasteiger partial charge in [0.25, 0.3) is 0 Å². The molecule has 0 saturated carbocycles. The summed E-state index contributed by atoms with van der Waals surface area (Å²) in [4.78, 5) is 22.3. The van der Waals surface area contributed by atoms with E-state index in [0.717, 1.165) is 16.9 Å². The van der Waals surface area contributed by atoms with E-state index < -0.39 is 36.3 Å². The molecule has 1 heterocycles. The van der Waals surface area contributed by atoms with Crippen LogP contribution in [0.4, 0.5) is 13.2 Å². The molecule has 0 saturated heterocycles. The van der Waals surface area contributed by atoms with Gasteiger partial charge in [0.2, 0.25) is 5.91 Å². The maximum atomic E-state index is 12.3. The van der Waals surface area contributed by atoms with Gasteiger partial charge in [-0.15, -0.1) is 6.58 Å². The maximum Gasteiger partial charge on any atom is 0.435 e. The lowest BCUT2D eigenvalue weighted by Crippen LogP contribution is -2.42. The van der Waals surface area contributed by atoms with Gasteiger partial charge in [-0.3, -0.25) is 9.48 Å². The molecule has 0 aliphatic rings. The maximum absolute atomic E-state index is 12.3. The highest BCUT2D eigenvalue weighted by Crippen LogP contribution is 2.27. The number of rotatable bonds is 6. The van der Waals surface area contributed by atoms with Crippen molar-refractivity contribution in [3.63, 3.8) is 0 Å². The summed E-state index contributed by atoms with van der Waals surface area (Å²) in [5.74, 6) is -2.01. The SMILES string of the molecule is C=CCC(NC(=O)Cn1ccc(C(F)(F)F)n1)C(=O)O. The smallest absolute Gasteiger partial charge is 0.435 e. The van der Waals surface area contributed by atoms with Gasteiger partial charge < -0.3 is 10.4 Å². The topological polar surface area (TPSA) is 84.2 Å². The number of carboxylic acids is 1. The second kappa shape index (κ2) is 6.22. The molecule has 6 nitrogen and oxygen atoms in total. The lowest BCUT2D eigenvalue weighted by molar-refractivity contribution is -0.142. The summed E-state index contributed by atoms with van der Waals surface area (Å²) in [6, 6.07) is -0.441. The molecular weight excluding hydrogens is 279 g/mol. The molecule has 0 aliphatic carbocycles. The summed E-state index contributed by atoms with van der Waals surface area (Å²) in [5, 5.41) is 14.1. The summed E-state index contributed by atoms with van der Waals surface area (Å²) >= 11 is 0. The first-order valence-corrected chi connectivity index (χ1v) is 5.47. The van der Waals surface area contributed by atoms with Gasteiger partial charge in [-0.1, -0.05) is 6.08 Å². The molecular formula is C11H12F3N3O3. The summed E-state index contributed by atoms with van der Waals surface area (Å²) in [6.45, 7) is 2.84. The summed E-state index contributed by atoms with van der Waals surface area (Å²) in [6.07, 6.45) is -2.28. The molecule has 1 unspecified atom stereocenters. The van der Waals surface area contributed by atoms with Gasteiger partial charge in [0.05, 0.1) is 0 Å². The lowest BCUT2D eigenvalue weighted by atomic mass is 10.2. The second-order valence-electron chi connectivity index (χ2n) is 3.88. The molecule has 0 bridgehead atoms. The minimum absolute atomic E-state index is 0.00792. The van der Waals surface area contributed by atoms with Crippen molar-refractivity contribution in [3.05, 3.63) is 30.6 Å². The highest BCUT2D eigenvalue weighted by molar-refractivity contribution is 5.83. The number of nitrogens with zero attached hydrogens (tertiary/aromatic N) is 2. The van der Waals surface area contributed by atoms with Gasteiger partial charge >= 0.3 is 12.1 Å². The van der Waals surface area contributed by atoms with Crippen molar-refractivity contribution in [1.82, 2.24) is 15.1 Å². The molecule has 9 heteroatoms. The second-order valence-corrected chi connectivity index (χ2v) is 3.88. The van der Waals surface area contributed by atoms with E-state index in [-0.39, 0.29) is 6.42 Å². The minimum atomic E-state index is -4.59. The third kappa shape index (κ3) is 4.41. The zero-order valence-electron chi connectivity index (χ0n) is 10.2. The van der Waals surface area contributed by atoms with Gasteiger partial charge in [-0.2, -0.15) is 18.3 Å². The lowest BCUT2D eigenvalue weighted by Gasteiger charge is -2.12. The van der Waals surface area contributed by atoms with Crippen molar-refractivity contribution >= 4 is 11.9 Å². The number of hydrogen-bond acceptors (Lipinski definition) is 3. The van der Waals surface area contributed by atoms with Crippen LogP contribution in [-0.2, 0) is 22.3 Å². The molecule has 1 atom stereocenters. The van der Waals surface area contributed by atoms with E-state index in [2.05, 4.69) is 17.0 Å². The van der Waals surface area contributed by atoms with Crippen molar-refractivity contribution in [2.45, 2.75) is 25.2 Å². The van der Waals surface area contributed by atoms with Gasteiger partial charge in [0, 0.05) is 6.20 Å². The molecule has 1 aromatic heterocycles. The van der Waals surface area contributed by atoms with Crippen LogP contribution in [-0.4, -0.2) is 32.8 Å². The Bertz CT molecular complexity index is 511. The van der Waals surface area contributed by atoms with Crippen molar-refractivity contribution in [1.29, 1.82) is 0 Å². The number of aromatic nitrogens is 2. The predicted octanol–water partition coefficient (Wildman–Crippen LogP) is 1.05. The number of alkyl halides is 3. The first-order chi connectivity index (χ1) is 9.24. The van der Waals surface area contributed by atoms with Crippen LogP contribution in [0.5, 0.6) is 0 Å². The normalized spacial score (nSPS) is 12.8. The zero-order chi connectivity index (χ0) is 15.3. The van der Waals surface area contributed by atoms with Crippen LogP contribution in [0.25, 0.3) is 0 Å². The molecule has 20 heavy (non-hydrogen) atoms. The van der Waals surface area contributed by atoms with Crippen molar-refractivity contribution < 1.29 is 27.9 Å². The number of amides is 1.